The second kappa shape index (κ2) is 5.93. The number of amides is 1. The Balaban J connectivity index is 1.99. The van der Waals surface area contributed by atoms with Gasteiger partial charge in [-0.05, 0) is 59.3 Å². The third-order valence-electron chi connectivity index (χ3n) is 3.38. The van der Waals surface area contributed by atoms with Crippen LogP contribution in [0.15, 0.2) is 42.5 Å². The molecular weight excluding hydrogens is 381 g/mol. The van der Waals surface area contributed by atoms with Crippen LogP contribution < -0.4 is 9.64 Å². The number of carbonyl (C=O) groups is 1. The van der Waals surface area contributed by atoms with E-state index in [0.717, 1.165) is 21.4 Å². The molecule has 0 fully saturated rings. The molecule has 0 atom stereocenters. The summed E-state index contributed by atoms with van der Waals surface area (Å²) in [7, 11) is 0. The normalized spacial score (nSPS) is 14.0. The summed E-state index contributed by atoms with van der Waals surface area (Å²) in [5.74, 6) is 0.721. The van der Waals surface area contributed by atoms with Gasteiger partial charge in [-0.25, -0.2) is 0 Å². The molecule has 0 unspecified atom stereocenters. The molecule has 1 N–H and O–H groups in total. The van der Waals surface area contributed by atoms with Gasteiger partial charge in [-0.2, -0.15) is 0 Å². The minimum Gasteiger partial charge on any atom is -0.507 e. The number of phenolic OH excluding ortho intramolecular Hbond substituents is 1. The average Bonchev–Trinajstić information content (AvgIpc) is 2.71. The Hall–Kier alpha value is -1.76. The van der Waals surface area contributed by atoms with Crippen molar-refractivity contribution < 1.29 is 14.6 Å². The molecule has 0 saturated heterocycles. The Kier molecular flexibility index (Phi) is 4.01. The van der Waals surface area contributed by atoms with Gasteiger partial charge in [0.05, 0.1) is 15.9 Å². The van der Waals surface area contributed by atoms with E-state index in [9.17, 15) is 9.90 Å². The molecular formula is C16H14INO3. The van der Waals surface area contributed by atoms with E-state index in [1.807, 2.05) is 46.9 Å². The number of hydrogen-bond donors (Lipinski definition) is 1. The van der Waals surface area contributed by atoms with Gasteiger partial charge >= 0.3 is 0 Å². The van der Waals surface area contributed by atoms with Crippen molar-refractivity contribution in [1.82, 2.24) is 0 Å². The highest BCUT2D eigenvalue weighted by Gasteiger charge is 2.23. The molecule has 0 radical (unpaired) electrons. The molecule has 21 heavy (non-hydrogen) atoms. The van der Waals surface area contributed by atoms with Gasteiger partial charge in [-0.3, -0.25) is 4.79 Å². The van der Waals surface area contributed by atoms with Gasteiger partial charge in [-0.1, -0.05) is 12.1 Å². The molecule has 1 heterocycles. The van der Waals surface area contributed by atoms with E-state index in [1.54, 1.807) is 17.0 Å². The molecule has 0 bridgehead atoms. The zero-order chi connectivity index (χ0) is 14.8. The van der Waals surface area contributed by atoms with Gasteiger partial charge in [0.1, 0.15) is 11.5 Å². The molecule has 0 aromatic heterocycles. The molecule has 5 heteroatoms. The van der Waals surface area contributed by atoms with E-state index >= 15 is 0 Å². The largest absolute Gasteiger partial charge is 0.507 e. The highest BCUT2D eigenvalue weighted by molar-refractivity contribution is 14.1. The fraction of sp³-hybridized carbons (Fsp3) is 0.188. The molecule has 3 rings (SSSR count). The van der Waals surface area contributed by atoms with E-state index in [1.165, 1.54) is 6.07 Å². The summed E-state index contributed by atoms with van der Waals surface area (Å²) in [5.41, 5.74) is 1.25. The van der Waals surface area contributed by atoms with Gasteiger partial charge in [0.25, 0.3) is 5.91 Å². The number of ether oxygens (including phenoxy) is 1. The second-order valence-electron chi connectivity index (χ2n) is 4.79. The van der Waals surface area contributed by atoms with Crippen molar-refractivity contribution in [1.29, 1.82) is 0 Å². The van der Waals surface area contributed by atoms with Gasteiger partial charge < -0.3 is 14.7 Å². The monoisotopic (exact) mass is 395 g/mol. The predicted molar refractivity (Wildman–Crippen MR) is 89.1 cm³/mol. The van der Waals surface area contributed by atoms with Crippen LogP contribution in [0.5, 0.6) is 11.5 Å². The van der Waals surface area contributed by atoms with Gasteiger partial charge in [-0.15, -0.1) is 0 Å². The maximum atomic E-state index is 12.7. The minimum absolute atomic E-state index is 0.125. The first-order chi connectivity index (χ1) is 10.2. The van der Waals surface area contributed by atoms with Crippen LogP contribution >= 0.6 is 22.6 Å². The van der Waals surface area contributed by atoms with Gasteiger partial charge in [0.2, 0.25) is 0 Å². The Labute approximate surface area is 136 Å². The highest BCUT2D eigenvalue weighted by atomic mass is 127. The van der Waals surface area contributed by atoms with Crippen LogP contribution in [0.2, 0.25) is 0 Å². The molecule has 0 aliphatic carbocycles. The van der Waals surface area contributed by atoms with E-state index in [4.69, 9.17) is 4.74 Å². The number of nitrogens with zero attached hydrogens (tertiary/aromatic N) is 1. The van der Waals surface area contributed by atoms with Crippen LogP contribution in [-0.2, 0) is 0 Å². The maximum Gasteiger partial charge on any atom is 0.258 e. The zero-order valence-electron chi connectivity index (χ0n) is 11.3. The molecule has 2 aromatic rings. The fourth-order valence-electron chi connectivity index (χ4n) is 2.34. The Bertz CT molecular complexity index is 687. The summed E-state index contributed by atoms with van der Waals surface area (Å²) < 4.78 is 6.39. The van der Waals surface area contributed by atoms with Crippen molar-refractivity contribution in [2.75, 3.05) is 18.1 Å². The summed E-state index contributed by atoms with van der Waals surface area (Å²) in [4.78, 5) is 14.4. The van der Waals surface area contributed by atoms with Crippen molar-refractivity contribution in [3.05, 3.63) is 51.6 Å². The summed E-state index contributed by atoms with van der Waals surface area (Å²) in [6.45, 7) is 1.20. The predicted octanol–water partition coefficient (Wildman–Crippen LogP) is 3.43. The van der Waals surface area contributed by atoms with Crippen LogP contribution in [0.4, 0.5) is 5.69 Å². The topological polar surface area (TPSA) is 49.8 Å². The Morgan fingerprint density at radius 1 is 1.24 bits per heavy atom. The Morgan fingerprint density at radius 3 is 2.86 bits per heavy atom. The lowest BCUT2D eigenvalue weighted by Gasteiger charge is -2.22. The number of rotatable bonds is 1. The number of benzene rings is 2. The number of phenols is 1. The quantitative estimate of drug-likeness (QED) is 0.753. The van der Waals surface area contributed by atoms with Gasteiger partial charge in [0, 0.05) is 12.1 Å². The van der Waals surface area contributed by atoms with Crippen molar-refractivity contribution in [3.63, 3.8) is 0 Å². The first-order valence-electron chi connectivity index (χ1n) is 6.69. The maximum absolute atomic E-state index is 12.7. The van der Waals surface area contributed by atoms with Crippen molar-refractivity contribution >= 4 is 34.2 Å². The van der Waals surface area contributed by atoms with Crippen LogP contribution in [-0.4, -0.2) is 24.2 Å². The van der Waals surface area contributed by atoms with Crippen LogP contribution in [0.3, 0.4) is 0 Å². The summed E-state index contributed by atoms with van der Waals surface area (Å²) in [6.07, 6.45) is 0.775. The number of aromatic hydroxyl groups is 1. The number of anilines is 1. The first kappa shape index (κ1) is 14.2. The van der Waals surface area contributed by atoms with E-state index in [-0.39, 0.29) is 11.7 Å². The summed E-state index contributed by atoms with van der Waals surface area (Å²) in [6, 6.07) is 12.5. The number of carbonyl (C=O) groups excluding carboxylic acids is 1. The van der Waals surface area contributed by atoms with Crippen molar-refractivity contribution in [2.24, 2.45) is 0 Å². The van der Waals surface area contributed by atoms with E-state index in [0.29, 0.717) is 18.7 Å². The fourth-order valence-corrected chi connectivity index (χ4v) is 2.68. The van der Waals surface area contributed by atoms with Gasteiger partial charge in [0.15, 0.2) is 0 Å². The summed E-state index contributed by atoms with van der Waals surface area (Å²) >= 11 is 2.03. The number of fused-ring (bicyclic) bond motifs is 1. The molecule has 108 valence electrons. The zero-order valence-corrected chi connectivity index (χ0v) is 13.4. The SMILES string of the molecule is O=C(c1ccc(I)c(O)c1)N1CCCOc2ccccc21. The molecule has 1 aliphatic heterocycles. The standard InChI is InChI=1S/C16H14INO3/c17-12-7-6-11(10-14(12)19)16(20)18-8-3-9-21-15-5-2-1-4-13(15)18/h1-2,4-7,10,19H,3,8-9H2. The van der Waals surface area contributed by atoms with Crippen LogP contribution in [0.1, 0.15) is 16.8 Å². The van der Waals surface area contributed by atoms with Crippen LogP contribution in [0.25, 0.3) is 0 Å². The van der Waals surface area contributed by atoms with Crippen molar-refractivity contribution in [2.45, 2.75) is 6.42 Å². The minimum atomic E-state index is -0.125. The average molecular weight is 395 g/mol. The number of halogens is 1. The molecule has 1 amide bonds. The Morgan fingerprint density at radius 2 is 2.05 bits per heavy atom. The lowest BCUT2D eigenvalue weighted by atomic mass is 10.1. The lowest BCUT2D eigenvalue weighted by Crippen LogP contribution is -2.31. The lowest BCUT2D eigenvalue weighted by molar-refractivity contribution is 0.0987. The molecule has 0 spiro atoms. The number of hydrogen-bond acceptors (Lipinski definition) is 3. The van der Waals surface area contributed by atoms with E-state index in [2.05, 4.69) is 0 Å². The third-order valence-corrected chi connectivity index (χ3v) is 4.29. The smallest absolute Gasteiger partial charge is 0.258 e. The molecule has 0 saturated carbocycles. The second-order valence-corrected chi connectivity index (χ2v) is 5.95. The van der Waals surface area contributed by atoms with Crippen LogP contribution in [0, 0.1) is 3.57 Å². The van der Waals surface area contributed by atoms with E-state index < -0.39 is 0 Å². The summed E-state index contributed by atoms with van der Waals surface area (Å²) in [5, 5.41) is 9.80. The third kappa shape index (κ3) is 2.83. The first-order valence-corrected chi connectivity index (χ1v) is 7.77. The highest BCUT2D eigenvalue weighted by Crippen LogP contribution is 2.32. The molecule has 4 nitrogen and oxygen atoms in total. The molecule has 2 aromatic carbocycles. The number of para-hydroxylation sites is 2. The van der Waals surface area contributed by atoms with Crippen molar-refractivity contribution in [3.8, 4) is 11.5 Å². The molecule has 1 aliphatic rings.